The molecule has 0 saturated heterocycles. The van der Waals surface area contributed by atoms with Gasteiger partial charge in [0.05, 0.1) is 152 Å². The molecule has 3 rings (SSSR count). The van der Waals surface area contributed by atoms with Gasteiger partial charge in [0.2, 0.25) is 0 Å². The van der Waals surface area contributed by atoms with E-state index in [0.717, 1.165) is 0 Å². The van der Waals surface area contributed by atoms with Gasteiger partial charge in [-0.1, -0.05) is 54.6 Å². The number of amides is 1. The van der Waals surface area contributed by atoms with E-state index in [2.05, 4.69) is 36.2 Å². The highest BCUT2D eigenvalue weighted by Gasteiger charge is 2.28. The van der Waals surface area contributed by atoms with E-state index in [1.54, 1.807) is 6.08 Å². The predicted molar refractivity (Wildman–Crippen MR) is 218 cm³/mol. The smallest absolute Gasteiger partial charge is 0.407 e. The van der Waals surface area contributed by atoms with Crippen LogP contribution in [0.15, 0.2) is 61.2 Å². The van der Waals surface area contributed by atoms with Crippen LogP contribution < -0.4 is 5.32 Å². The lowest BCUT2D eigenvalue weighted by Gasteiger charge is -2.14. The Morgan fingerprint density at radius 2 is 0.776 bits per heavy atom. The average Bonchev–Trinajstić information content (AvgIpc) is 3.57. The van der Waals surface area contributed by atoms with Crippen molar-refractivity contribution in [2.75, 3.05) is 172 Å². The second kappa shape index (κ2) is 35.9. The molecular formula is C43H67NO14. The largest absolute Gasteiger partial charge is 0.449 e. The fourth-order valence-corrected chi connectivity index (χ4v) is 5.60. The van der Waals surface area contributed by atoms with Crippen molar-refractivity contribution < 1.29 is 66.4 Å². The molecule has 1 aliphatic rings. The Morgan fingerprint density at radius 3 is 1.12 bits per heavy atom. The van der Waals surface area contributed by atoms with Crippen molar-refractivity contribution in [3.8, 4) is 11.1 Å². The first-order valence-corrected chi connectivity index (χ1v) is 20.4. The lowest BCUT2D eigenvalue weighted by atomic mass is 9.98. The Hall–Kier alpha value is -3.03. The number of alkyl carbamates (subject to hydrolysis) is 1. The molecule has 0 spiro atoms. The van der Waals surface area contributed by atoms with Gasteiger partial charge in [0, 0.05) is 19.1 Å². The lowest BCUT2D eigenvalue weighted by Crippen LogP contribution is -2.27. The summed E-state index contributed by atoms with van der Waals surface area (Å²) in [5, 5.41) is 2.81. The van der Waals surface area contributed by atoms with E-state index in [0.29, 0.717) is 178 Å². The summed E-state index contributed by atoms with van der Waals surface area (Å²) in [6, 6.07) is 16.6. The number of carbonyl (C=O) groups is 1. The molecule has 0 fully saturated rings. The van der Waals surface area contributed by atoms with Crippen LogP contribution in [0.5, 0.6) is 0 Å². The van der Waals surface area contributed by atoms with Gasteiger partial charge in [-0.3, -0.25) is 0 Å². The van der Waals surface area contributed by atoms with Crippen LogP contribution in [0, 0.1) is 0 Å². The molecule has 0 aromatic heterocycles. The molecule has 2 aromatic rings. The summed E-state index contributed by atoms with van der Waals surface area (Å²) in [6.07, 6.45) is 1.98. The zero-order valence-electron chi connectivity index (χ0n) is 34.3. The normalized spacial score (nSPS) is 12.1. The van der Waals surface area contributed by atoms with Gasteiger partial charge in [-0.15, -0.1) is 6.58 Å². The summed E-state index contributed by atoms with van der Waals surface area (Å²) in [5.74, 6) is 0.0479. The third-order valence-electron chi connectivity index (χ3n) is 8.41. The summed E-state index contributed by atoms with van der Waals surface area (Å²) in [4.78, 5) is 12.3. The minimum absolute atomic E-state index is 0.0479. The van der Waals surface area contributed by atoms with Crippen molar-refractivity contribution >= 4 is 6.09 Å². The zero-order chi connectivity index (χ0) is 40.8. The van der Waals surface area contributed by atoms with Crippen molar-refractivity contribution in [1.29, 1.82) is 0 Å². The fraction of sp³-hybridized carbons (Fsp3) is 0.651. The Morgan fingerprint density at radius 1 is 0.466 bits per heavy atom. The zero-order valence-corrected chi connectivity index (χ0v) is 34.3. The standard InChI is InChI=1S/C43H67NO14/c1-2-13-46-15-17-48-19-21-50-23-25-52-27-29-54-31-33-56-35-36-57-34-32-55-30-28-53-26-24-51-22-20-49-18-16-47-14-7-12-44-43(45)58-37-42-40-10-5-3-8-38(40)39-9-4-6-11-41(39)42/h2-6,8-11,42H,1,7,12-37H2,(H,44,45). The molecular weight excluding hydrogens is 754 g/mol. The molecule has 58 heavy (non-hydrogen) atoms. The topological polar surface area (TPSA) is 149 Å². The van der Waals surface area contributed by atoms with Crippen molar-refractivity contribution in [1.82, 2.24) is 5.32 Å². The number of carbonyl (C=O) groups excluding carboxylic acids is 1. The highest BCUT2D eigenvalue weighted by molar-refractivity contribution is 5.79. The van der Waals surface area contributed by atoms with Crippen molar-refractivity contribution in [2.24, 2.45) is 0 Å². The summed E-state index contributed by atoms with van der Waals surface area (Å²) in [5.41, 5.74) is 4.80. The number of fused-ring (bicyclic) bond motifs is 3. The molecule has 15 nitrogen and oxygen atoms in total. The average molecular weight is 822 g/mol. The Labute approximate surface area is 344 Å². The third-order valence-corrected chi connectivity index (χ3v) is 8.41. The number of hydrogen-bond donors (Lipinski definition) is 1. The Kier molecular flexibility index (Phi) is 30.5. The molecule has 1 amide bonds. The molecule has 328 valence electrons. The van der Waals surface area contributed by atoms with Crippen LogP contribution in [0.3, 0.4) is 0 Å². The van der Waals surface area contributed by atoms with Crippen LogP contribution in [-0.4, -0.2) is 178 Å². The van der Waals surface area contributed by atoms with Crippen LogP contribution in [-0.2, 0) is 61.6 Å². The van der Waals surface area contributed by atoms with E-state index in [1.807, 2.05) is 24.3 Å². The molecule has 0 unspecified atom stereocenters. The van der Waals surface area contributed by atoms with Crippen LogP contribution in [0.4, 0.5) is 4.79 Å². The number of nitrogens with one attached hydrogen (secondary N) is 1. The first-order valence-electron chi connectivity index (χ1n) is 20.4. The van der Waals surface area contributed by atoms with Crippen LogP contribution >= 0.6 is 0 Å². The van der Waals surface area contributed by atoms with E-state index in [4.69, 9.17) is 61.6 Å². The minimum Gasteiger partial charge on any atom is -0.449 e. The van der Waals surface area contributed by atoms with Crippen LogP contribution in [0.1, 0.15) is 23.5 Å². The molecule has 15 heteroatoms. The monoisotopic (exact) mass is 821 g/mol. The Balaban J connectivity index is 0.928. The van der Waals surface area contributed by atoms with Gasteiger partial charge in [-0.05, 0) is 28.7 Å². The summed E-state index contributed by atoms with van der Waals surface area (Å²) >= 11 is 0. The second-order valence-electron chi connectivity index (χ2n) is 12.7. The molecule has 0 aliphatic heterocycles. The number of ether oxygens (including phenoxy) is 13. The molecule has 0 heterocycles. The molecule has 1 aliphatic carbocycles. The Bertz CT molecular complexity index is 1240. The number of rotatable bonds is 41. The van der Waals surface area contributed by atoms with Crippen molar-refractivity contribution in [2.45, 2.75) is 12.3 Å². The van der Waals surface area contributed by atoms with E-state index in [-0.39, 0.29) is 5.92 Å². The van der Waals surface area contributed by atoms with E-state index in [9.17, 15) is 4.79 Å². The van der Waals surface area contributed by atoms with E-state index >= 15 is 0 Å². The predicted octanol–water partition coefficient (Wildman–Crippen LogP) is 4.30. The molecule has 0 bridgehead atoms. The van der Waals surface area contributed by atoms with E-state index < -0.39 is 6.09 Å². The van der Waals surface area contributed by atoms with Gasteiger partial charge in [0.1, 0.15) is 6.61 Å². The van der Waals surface area contributed by atoms with Crippen molar-refractivity contribution in [3.05, 3.63) is 72.3 Å². The molecule has 1 N–H and O–H groups in total. The van der Waals surface area contributed by atoms with Gasteiger partial charge in [0.25, 0.3) is 0 Å². The van der Waals surface area contributed by atoms with Gasteiger partial charge < -0.3 is 66.9 Å². The fourth-order valence-electron chi connectivity index (χ4n) is 5.60. The second-order valence-corrected chi connectivity index (χ2v) is 12.7. The first kappa shape index (κ1) is 49.3. The third kappa shape index (κ3) is 24.1. The lowest BCUT2D eigenvalue weighted by molar-refractivity contribution is -0.0281. The van der Waals surface area contributed by atoms with Gasteiger partial charge >= 0.3 is 6.09 Å². The first-order chi connectivity index (χ1) is 28.8. The SMILES string of the molecule is C=CCOCCOCCOCCOCCOCCOCCOCCOCCOCCOCCOCCOCCCNC(=O)OCC1c2ccccc2-c2ccccc21. The summed E-state index contributed by atoms with van der Waals surface area (Å²) < 4.78 is 71.2. The summed E-state index contributed by atoms with van der Waals surface area (Å²) in [7, 11) is 0. The molecule has 0 atom stereocenters. The van der Waals surface area contributed by atoms with Gasteiger partial charge in [-0.2, -0.15) is 0 Å². The minimum atomic E-state index is -0.416. The maximum atomic E-state index is 12.3. The molecule has 0 saturated carbocycles. The maximum Gasteiger partial charge on any atom is 0.407 e. The molecule has 2 aromatic carbocycles. The van der Waals surface area contributed by atoms with Crippen LogP contribution in [0.25, 0.3) is 11.1 Å². The van der Waals surface area contributed by atoms with E-state index in [1.165, 1.54) is 22.3 Å². The van der Waals surface area contributed by atoms with Gasteiger partial charge in [0.15, 0.2) is 0 Å². The van der Waals surface area contributed by atoms with Crippen molar-refractivity contribution in [3.63, 3.8) is 0 Å². The summed E-state index contributed by atoms with van der Waals surface area (Å²) in [6.45, 7) is 16.5. The highest BCUT2D eigenvalue weighted by atomic mass is 16.6. The number of benzene rings is 2. The maximum absolute atomic E-state index is 12.3. The highest BCUT2D eigenvalue weighted by Crippen LogP contribution is 2.44. The number of hydrogen-bond acceptors (Lipinski definition) is 14. The van der Waals surface area contributed by atoms with Crippen LogP contribution in [0.2, 0.25) is 0 Å². The molecule has 0 radical (unpaired) electrons. The quantitative estimate of drug-likeness (QED) is 0.0751. The van der Waals surface area contributed by atoms with Gasteiger partial charge in [-0.25, -0.2) is 4.79 Å².